The van der Waals surface area contributed by atoms with Crippen molar-refractivity contribution in [3.05, 3.63) is 12.3 Å². The third-order valence-corrected chi connectivity index (χ3v) is 8.50. The number of ether oxygens (including phenoxy) is 1. The van der Waals surface area contributed by atoms with Gasteiger partial charge in [-0.2, -0.15) is 0 Å². The van der Waals surface area contributed by atoms with Crippen LogP contribution in [0.5, 0.6) is 0 Å². The van der Waals surface area contributed by atoms with E-state index >= 15 is 0 Å². The molecule has 0 aromatic carbocycles. The van der Waals surface area contributed by atoms with Crippen LogP contribution in [-0.2, 0) is 9.53 Å². The Hall–Kier alpha value is -0.790. The molecule has 0 amide bonds. The van der Waals surface area contributed by atoms with Gasteiger partial charge in [0, 0.05) is 6.42 Å². The first kappa shape index (κ1) is 39.2. The maximum Gasteiger partial charge on any atom is 0.310 e. The van der Waals surface area contributed by atoms with Crippen molar-refractivity contribution in [3.8, 4) is 0 Å². The highest BCUT2D eigenvalue weighted by atomic mass is 16.5. The van der Waals surface area contributed by atoms with Gasteiger partial charge in [0.2, 0.25) is 0 Å². The summed E-state index contributed by atoms with van der Waals surface area (Å²) < 4.78 is 5.24. The van der Waals surface area contributed by atoms with E-state index in [2.05, 4.69) is 13.8 Å². The van der Waals surface area contributed by atoms with Crippen molar-refractivity contribution >= 4 is 5.97 Å². The van der Waals surface area contributed by atoms with E-state index in [-0.39, 0.29) is 5.97 Å². The fourth-order valence-electron chi connectivity index (χ4n) is 5.70. The Morgan fingerprint density at radius 3 is 1.00 bits per heavy atom. The van der Waals surface area contributed by atoms with E-state index in [9.17, 15) is 4.79 Å². The normalized spacial score (nSPS) is 11.6. The smallest absolute Gasteiger partial charge is 0.310 e. The maximum absolute atomic E-state index is 11.8. The van der Waals surface area contributed by atoms with Crippen molar-refractivity contribution in [1.82, 2.24) is 0 Å². The number of allylic oxidation sites excluding steroid dienone is 1. The second-order valence-electron chi connectivity index (χ2n) is 12.7. The molecule has 0 saturated carbocycles. The van der Waals surface area contributed by atoms with Gasteiger partial charge in [-0.1, -0.05) is 200 Å². The molecule has 0 atom stereocenters. The highest BCUT2D eigenvalue weighted by Gasteiger charge is 2.01. The molecular weight excluding hydrogens is 488 g/mol. The standard InChI is InChI=1S/C38H74O2/c1-3-5-7-9-11-13-14-15-16-17-18-19-20-21-22-23-24-25-26-27-29-31-33-35-37-40-38(39)36-34-32-30-28-12-10-8-6-4-2/h35,37H,3-34,36H2,1-2H3. The molecule has 0 rings (SSSR count). The second kappa shape index (κ2) is 36.2. The van der Waals surface area contributed by atoms with Crippen molar-refractivity contribution in [2.24, 2.45) is 0 Å². The molecule has 0 heterocycles. The zero-order valence-corrected chi connectivity index (χ0v) is 27.8. The van der Waals surface area contributed by atoms with Crippen molar-refractivity contribution < 1.29 is 9.53 Å². The molecule has 0 aliphatic heterocycles. The van der Waals surface area contributed by atoms with Crippen LogP contribution >= 0.6 is 0 Å². The van der Waals surface area contributed by atoms with Crippen molar-refractivity contribution in [2.75, 3.05) is 0 Å². The molecule has 0 radical (unpaired) electrons. The van der Waals surface area contributed by atoms with Gasteiger partial charge in [-0.05, 0) is 25.3 Å². The fourth-order valence-corrected chi connectivity index (χ4v) is 5.70. The molecule has 2 heteroatoms. The molecule has 0 aliphatic rings. The first-order chi connectivity index (χ1) is 19.8. The molecule has 2 nitrogen and oxygen atoms in total. The molecule has 0 aliphatic carbocycles. The first-order valence-electron chi connectivity index (χ1n) is 18.7. The van der Waals surface area contributed by atoms with Crippen molar-refractivity contribution in [2.45, 2.75) is 226 Å². The van der Waals surface area contributed by atoms with Gasteiger partial charge in [-0.3, -0.25) is 4.79 Å². The number of esters is 1. The lowest BCUT2D eigenvalue weighted by Gasteiger charge is -2.04. The minimum atomic E-state index is -0.0618. The first-order valence-corrected chi connectivity index (χ1v) is 18.7. The zero-order valence-electron chi connectivity index (χ0n) is 27.8. The number of rotatable bonds is 34. The molecule has 0 bridgehead atoms. The van der Waals surface area contributed by atoms with Crippen LogP contribution in [0, 0.1) is 0 Å². The van der Waals surface area contributed by atoms with E-state index in [1.54, 1.807) is 6.26 Å². The Morgan fingerprint density at radius 1 is 0.400 bits per heavy atom. The SMILES string of the molecule is CCCCCCCCCCCCCCCCCCCCCCCCC=COC(=O)CCCCCCCCCCC. The summed E-state index contributed by atoms with van der Waals surface area (Å²) in [6.07, 6.45) is 48.1. The van der Waals surface area contributed by atoms with Crippen molar-refractivity contribution in [1.29, 1.82) is 0 Å². The Morgan fingerprint density at radius 2 is 0.675 bits per heavy atom. The van der Waals surface area contributed by atoms with Crippen molar-refractivity contribution in [3.63, 3.8) is 0 Å². The second-order valence-corrected chi connectivity index (χ2v) is 12.7. The molecule has 0 aromatic heterocycles. The Bertz CT molecular complexity index is 498. The lowest BCUT2D eigenvalue weighted by atomic mass is 10.0. The summed E-state index contributed by atoms with van der Waals surface area (Å²) in [5.74, 6) is -0.0618. The predicted octanol–water partition coefficient (Wildman–Crippen LogP) is 14.0. The van der Waals surface area contributed by atoms with E-state index < -0.39 is 0 Å². The Balaban J connectivity index is 3.17. The summed E-state index contributed by atoms with van der Waals surface area (Å²) in [7, 11) is 0. The van der Waals surface area contributed by atoms with Crippen LogP contribution in [0.15, 0.2) is 12.3 Å². The third kappa shape index (κ3) is 35.2. The summed E-state index contributed by atoms with van der Waals surface area (Å²) in [5, 5.41) is 0. The average molecular weight is 563 g/mol. The largest absolute Gasteiger partial charge is 0.435 e. The zero-order chi connectivity index (χ0) is 29.0. The summed E-state index contributed by atoms with van der Waals surface area (Å²) in [6.45, 7) is 4.56. The van der Waals surface area contributed by atoms with E-state index in [0.29, 0.717) is 6.42 Å². The van der Waals surface area contributed by atoms with Crippen LogP contribution in [-0.4, -0.2) is 5.97 Å². The van der Waals surface area contributed by atoms with Crippen LogP contribution in [0.4, 0.5) is 0 Å². The van der Waals surface area contributed by atoms with E-state index in [1.807, 2.05) is 6.08 Å². The summed E-state index contributed by atoms with van der Waals surface area (Å²) >= 11 is 0. The summed E-state index contributed by atoms with van der Waals surface area (Å²) in [6, 6.07) is 0. The fraction of sp³-hybridized carbons (Fsp3) is 0.921. The van der Waals surface area contributed by atoms with Gasteiger partial charge in [0.05, 0.1) is 6.26 Å². The van der Waals surface area contributed by atoms with Crippen LogP contribution < -0.4 is 0 Å². The van der Waals surface area contributed by atoms with Gasteiger partial charge in [-0.15, -0.1) is 0 Å². The molecule has 40 heavy (non-hydrogen) atoms. The quantitative estimate of drug-likeness (QED) is 0.0443. The molecule has 238 valence electrons. The molecule has 0 unspecified atom stereocenters. The minimum Gasteiger partial charge on any atom is -0.435 e. The topological polar surface area (TPSA) is 26.3 Å². The molecular formula is C38H74O2. The summed E-state index contributed by atoms with van der Waals surface area (Å²) in [5.41, 5.74) is 0. The number of hydrogen-bond acceptors (Lipinski definition) is 2. The van der Waals surface area contributed by atoms with Crippen LogP contribution in [0.2, 0.25) is 0 Å². The number of unbranched alkanes of at least 4 members (excludes halogenated alkanes) is 30. The van der Waals surface area contributed by atoms with Gasteiger partial charge in [-0.25, -0.2) is 0 Å². The number of carbonyl (C=O) groups excluding carboxylic acids is 1. The van der Waals surface area contributed by atoms with Gasteiger partial charge in [0.25, 0.3) is 0 Å². The molecule has 0 spiro atoms. The Kier molecular flexibility index (Phi) is 35.5. The van der Waals surface area contributed by atoms with Crippen LogP contribution in [0.1, 0.15) is 226 Å². The predicted molar refractivity (Wildman–Crippen MR) is 179 cm³/mol. The monoisotopic (exact) mass is 563 g/mol. The Labute approximate surface area is 253 Å². The van der Waals surface area contributed by atoms with E-state index in [1.165, 1.54) is 186 Å². The van der Waals surface area contributed by atoms with Gasteiger partial charge in [0.15, 0.2) is 0 Å². The minimum absolute atomic E-state index is 0.0618. The molecule has 0 fully saturated rings. The highest BCUT2D eigenvalue weighted by Crippen LogP contribution is 2.16. The summed E-state index contributed by atoms with van der Waals surface area (Å²) in [4.78, 5) is 11.8. The maximum atomic E-state index is 11.8. The van der Waals surface area contributed by atoms with Gasteiger partial charge in [0.1, 0.15) is 0 Å². The lowest BCUT2D eigenvalue weighted by molar-refractivity contribution is -0.138. The average Bonchev–Trinajstić information content (AvgIpc) is 2.96. The van der Waals surface area contributed by atoms with E-state index in [0.717, 1.165) is 19.3 Å². The van der Waals surface area contributed by atoms with E-state index in [4.69, 9.17) is 4.74 Å². The highest BCUT2D eigenvalue weighted by molar-refractivity contribution is 5.69. The number of carbonyl (C=O) groups is 1. The van der Waals surface area contributed by atoms with Gasteiger partial charge >= 0.3 is 5.97 Å². The van der Waals surface area contributed by atoms with Crippen LogP contribution in [0.25, 0.3) is 0 Å². The number of hydrogen-bond donors (Lipinski definition) is 0. The lowest BCUT2D eigenvalue weighted by Crippen LogP contribution is -1.98. The molecule has 0 saturated heterocycles. The molecule has 0 N–H and O–H groups in total. The van der Waals surface area contributed by atoms with Gasteiger partial charge < -0.3 is 4.74 Å². The third-order valence-electron chi connectivity index (χ3n) is 8.50. The van der Waals surface area contributed by atoms with Crippen LogP contribution in [0.3, 0.4) is 0 Å². The molecule has 0 aromatic rings.